The average molecular weight is 353 g/mol. The Morgan fingerprint density at radius 1 is 1.31 bits per heavy atom. The molecule has 0 bridgehead atoms. The van der Waals surface area contributed by atoms with Gasteiger partial charge in [0.05, 0.1) is 37.4 Å². The number of rotatable bonds is 3. The van der Waals surface area contributed by atoms with Crippen molar-refractivity contribution in [1.29, 1.82) is 10.5 Å². The highest BCUT2D eigenvalue weighted by atomic mass is 16.8. The van der Waals surface area contributed by atoms with Gasteiger partial charge in [-0.2, -0.15) is 10.5 Å². The molecule has 1 aromatic carbocycles. The summed E-state index contributed by atoms with van der Waals surface area (Å²) in [5.41, 5.74) is 3.81. The summed E-state index contributed by atoms with van der Waals surface area (Å²) in [4.78, 5) is 3.00. The third-order valence-electron chi connectivity index (χ3n) is 6.31. The highest BCUT2D eigenvalue weighted by molar-refractivity contribution is 5.97. The van der Waals surface area contributed by atoms with Gasteiger partial charge in [0.1, 0.15) is 5.75 Å². The number of hydrogen-bond donors (Lipinski definition) is 2. The number of nitrogens with one attached hydrogen (secondary N) is 1. The van der Waals surface area contributed by atoms with Crippen LogP contribution in [0.25, 0.3) is 0 Å². The molecular weight excluding hydrogens is 332 g/mol. The number of fused-ring (bicyclic) bond motifs is 2. The predicted octanol–water partition coefficient (Wildman–Crippen LogP) is -0.0829. The summed E-state index contributed by atoms with van der Waals surface area (Å²) in [6.07, 6.45) is 0.326. The van der Waals surface area contributed by atoms with Crippen LogP contribution in [0, 0.1) is 33.5 Å². The van der Waals surface area contributed by atoms with Crippen molar-refractivity contribution in [2.24, 2.45) is 16.6 Å². The second-order valence-corrected chi connectivity index (χ2v) is 7.11. The van der Waals surface area contributed by atoms with E-state index in [0.717, 1.165) is 5.56 Å². The largest absolute Gasteiger partial charge is 0.497 e. The molecule has 7 nitrogen and oxygen atoms in total. The molecule has 1 aliphatic carbocycles. The molecule has 0 radical (unpaired) electrons. The number of amidine groups is 1. The lowest BCUT2D eigenvalue weighted by Gasteiger charge is -2.29. The van der Waals surface area contributed by atoms with Crippen LogP contribution in [0.1, 0.15) is 25.8 Å². The van der Waals surface area contributed by atoms with E-state index in [1.165, 1.54) is 0 Å². The molecule has 0 amide bonds. The van der Waals surface area contributed by atoms with Crippen LogP contribution >= 0.6 is 0 Å². The maximum absolute atomic E-state index is 10.3. The third kappa shape index (κ3) is 1.38. The van der Waals surface area contributed by atoms with Gasteiger partial charge in [0.15, 0.2) is 10.8 Å². The molecule has 1 spiro atoms. The third-order valence-corrected chi connectivity index (χ3v) is 6.31. The molecule has 134 valence electrons. The molecule has 5 atom stereocenters. The van der Waals surface area contributed by atoms with E-state index in [4.69, 9.17) is 19.9 Å². The molecule has 2 fully saturated rings. The second kappa shape index (κ2) is 4.97. The molecule has 1 saturated carbocycles. The van der Waals surface area contributed by atoms with Crippen LogP contribution in [0.15, 0.2) is 24.3 Å². The van der Waals surface area contributed by atoms with E-state index in [-0.39, 0.29) is 11.9 Å². The summed E-state index contributed by atoms with van der Waals surface area (Å²) < 4.78 is 17.2. The first-order valence-electron chi connectivity index (χ1n) is 8.65. The molecule has 0 unspecified atom stereocenters. The van der Waals surface area contributed by atoms with Crippen LogP contribution in [0.3, 0.4) is 0 Å². The molecule has 1 aromatic rings. The summed E-state index contributed by atoms with van der Waals surface area (Å²) >= 11 is 0. The van der Waals surface area contributed by atoms with E-state index >= 15 is 0 Å². The van der Waals surface area contributed by atoms with Crippen LogP contribution in [0.4, 0.5) is 0 Å². The fraction of sp³-hybridized carbons (Fsp3) is 0.526. The number of methoxy groups -OCH3 is 1. The Hall–Kier alpha value is -2.61. The summed E-state index contributed by atoms with van der Waals surface area (Å²) in [5, 5.41) is 20.5. The van der Waals surface area contributed by atoms with Crippen LogP contribution in [0.2, 0.25) is 0 Å². The fourth-order valence-corrected chi connectivity index (χ4v) is 5.34. The zero-order chi connectivity index (χ0) is 18.8. The molecule has 3 N–H and O–H groups in total. The molecule has 7 heteroatoms. The highest BCUT2D eigenvalue weighted by Gasteiger charge is 3.04. The van der Waals surface area contributed by atoms with Gasteiger partial charge in [-0.25, -0.2) is 4.99 Å². The molecule has 2 aliphatic heterocycles. The van der Waals surface area contributed by atoms with E-state index in [2.05, 4.69) is 17.1 Å². The number of nitrogens with zero attached hydrogens (tertiary/aromatic N) is 2. The smallest absolute Gasteiger partial charge is 0.344 e. The molecule has 26 heavy (non-hydrogen) atoms. The topological polar surface area (TPSA) is 115 Å². The average Bonchev–Trinajstić information content (AvgIpc) is 2.92. The lowest BCUT2D eigenvalue weighted by Crippen LogP contribution is -2.90. The van der Waals surface area contributed by atoms with Crippen molar-refractivity contribution in [2.45, 2.75) is 37.7 Å². The van der Waals surface area contributed by atoms with Crippen LogP contribution in [0.5, 0.6) is 5.75 Å². The summed E-state index contributed by atoms with van der Waals surface area (Å²) in [6, 6.07) is 12.2. The Morgan fingerprint density at radius 2 is 2.00 bits per heavy atom. The Bertz CT molecular complexity index is 886. The number of hydrogen-bond acceptors (Lipinski definition) is 6. The van der Waals surface area contributed by atoms with E-state index in [0.29, 0.717) is 18.8 Å². The highest BCUT2D eigenvalue weighted by Crippen LogP contribution is 2.84. The summed E-state index contributed by atoms with van der Waals surface area (Å²) in [5.74, 6) is -0.486. The minimum atomic E-state index is -1.42. The van der Waals surface area contributed by atoms with Crippen LogP contribution in [-0.4, -0.2) is 31.6 Å². The van der Waals surface area contributed by atoms with E-state index < -0.39 is 22.2 Å². The van der Waals surface area contributed by atoms with Gasteiger partial charge >= 0.3 is 5.91 Å². The predicted molar refractivity (Wildman–Crippen MR) is 90.4 cm³/mol. The van der Waals surface area contributed by atoms with Crippen molar-refractivity contribution in [3.63, 3.8) is 0 Å². The molecule has 0 aromatic heterocycles. The van der Waals surface area contributed by atoms with Crippen molar-refractivity contribution in [2.75, 3.05) is 13.7 Å². The number of ether oxygens (including phenoxy) is 3. The Labute approximate surface area is 152 Å². The van der Waals surface area contributed by atoms with Crippen molar-refractivity contribution >= 4 is 5.84 Å². The first kappa shape index (κ1) is 16.8. The second-order valence-electron chi connectivity index (χ2n) is 7.11. The van der Waals surface area contributed by atoms with E-state index in [9.17, 15) is 10.5 Å². The quantitative estimate of drug-likeness (QED) is 0.785. The maximum atomic E-state index is 10.3. The van der Waals surface area contributed by atoms with Gasteiger partial charge in [-0.3, -0.25) is 5.73 Å². The first-order valence-corrected chi connectivity index (χ1v) is 8.65. The Balaban J connectivity index is 1.98. The van der Waals surface area contributed by atoms with E-state index in [1.807, 2.05) is 38.1 Å². The van der Waals surface area contributed by atoms with Gasteiger partial charge in [-0.05, 0) is 31.0 Å². The number of benzene rings is 1. The van der Waals surface area contributed by atoms with Gasteiger partial charge in [0, 0.05) is 0 Å². The van der Waals surface area contributed by atoms with Gasteiger partial charge in [0.2, 0.25) is 0 Å². The van der Waals surface area contributed by atoms with Gasteiger partial charge in [-0.1, -0.05) is 19.1 Å². The number of nitriles is 2. The van der Waals surface area contributed by atoms with Crippen LogP contribution in [-0.2, 0) is 14.9 Å². The first-order chi connectivity index (χ1) is 12.4. The zero-order valence-electron chi connectivity index (χ0n) is 15.0. The van der Waals surface area contributed by atoms with Crippen molar-refractivity contribution in [3.05, 3.63) is 29.8 Å². The molecule has 3 aliphatic rings. The molecule has 2 heterocycles. The summed E-state index contributed by atoms with van der Waals surface area (Å²) in [6.45, 7) is 4.15. The minimum Gasteiger partial charge on any atom is -0.497 e. The number of nitrogens with two attached hydrogens (primary N) is 1. The maximum Gasteiger partial charge on any atom is 0.344 e. The molecular formula is C19H21N4O3+. The monoisotopic (exact) mass is 353 g/mol. The molecule has 4 rings (SSSR count). The van der Waals surface area contributed by atoms with Gasteiger partial charge < -0.3 is 14.2 Å². The Morgan fingerprint density at radius 3 is 2.46 bits per heavy atom. The lowest BCUT2D eigenvalue weighted by atomic mass is 9.80. The zero-order valence-corrected chi connectivity index (χ0v) is 15.0. The molecule has 1 saturated heterocycles. The van der Waals surface area contributed by atoms with Crippen LogP contribution < -0.4 is 15.5 Å². The standard InChI is InChI=1S/C19H20N4O3/c1-4-16(13-5-7-14(24-3)8-6-13)17(10-20)15(22)23-19(18(16,17)11-21)25-9-12(2)26-19/h5-8,12H,4,9H2,1-3H3,(H2,22,23)/p+1/t12-,16+,17-,18+,19+/m0/s1. The Kier molecular flexibility index (Phi) is 3.22. The van der Waals surface area contributed by atoms with Gasteiger partial charge in [-0.15, -0.1) is 0 Å². The SMILES string of the molecule is CC[C@@]1(c2ccc(OC)cc2)[C@]2(C#N)C(N)=[NH+][C@@]3(OC[C@H](C)O3)[C@@]21C#N. The fourth-order valence-electron chi connectivity index (χ4n) is 5.34. The minimum absolute atomic E-state index is 0.207. The van der Waals surface area contributed by atoms with Gasteiger partial charge in [0.25, 0.3) is 5.84 Å². The lowest BCUT2D eigenvalue weighted by molar-refractivity contribution is -0.679. The van der Waals surface area contributed by atoms with Crippen molar-refractivity contribution < 1.29 is 19.2 Å². The van der Waals surface area contributed by atoms with Crippen molar-refractivity contribution in [3.8, 4) is 17.9 Å². The normalized spacial score (nSPS) is 42.7. The summed E-state index contributed by atoms with van der Waals surface area (Å²) in [7, 11) is 1.59. The van der Waals surface area contributed by atoms with Crippen molar-refractivity contribution in [1.82, 2.24) is 0 Å². The van der Waals surface area contributed by atoms with E-state index in [1.54, 1.807) is 7.11 Å².